The quantitative estimate of drug-likeness (QED) is 0.833. The average molecular weight is 263 g/mol. The molecule has 0 radical (unpaired) electrons. The maximum Gasteiger partial charge on any atom is 0.226 e. The van der Waals surface area contributed by atoms with Crippen LogP contribution in [-0.4, -0.2) is 43.7 Å². The van der Waals surface area contributed by atoms with E-state index in [-0.39, 0.29) is 5.91 Å². The number of carbonyl (C=O) groups is 1. The van der Waals surface area contributed by atoms with Crippen LogP contribution in [0.3, 0.4) is 0 Å². The number of ether oxygens (including phenoxy) is 2. The van der Waals surface area contributed by atoms with Crippen molar-refractivity contribution in [3.63, 3.8) is 0 Å². The summed E-state index contributed by atoms with van der Waals surface area (Å²) in [5, 5.41) is 0. The van der Waals surface area contributed by atoms with Gasteiger partial charge in [0.1, 0.15) is 5.75 Å². The molecule has 1 aliphatic rings. The van der Waals surface area contributed by atoms with Gasteiger partial charge in [-0.05, 0) is 37.1 Å². The van der Waals surface area contributed by atoms with E-state index in [1.165, 1.54) is 11.1 Å². The molecule has 4 heteroatoms. The van der Waals surface area contributed by atoms with E-state index < -0.39 is 0 Å². The van der Waals surface area contributed by atoms with Gasteiger partial charge in [0.25, 0.3) is 0 Å². The number of benzene rings is 1. The molecule has 1 saturated heterocycles. The van der Waals surface area contributed by atoms with Gasteiger partial charge in [0.05, 0.1) is 26.2 Å². The van der Waals surface area contributed by atoms with Crippen LogP contribution in [-0.2, 0) is 9.53 Å². The Morgan fingerprint density at radius 2 is 1.84 bits per heavy atom. The van der Waals surface area contributed by atoms with Gasteiger partial charge >= 0.3 is 0 Å². The predicted molar refractivity (Wildman–Crippen MR) is 73.4 cm³/mol. The van der Waals surface area contributed by atoms with E-state index in [1.54, 1.807) is 0 Å². The molecule has 0 aliphatic carbocycles. The van der Waals surface area contributed by atoms with Crippen LogP contribution in [0.4, 0.5) is 0 Å². The van der Waals surface area contributed by atoms with Gasteiger partial charge in [-0.25, -0.2) is 0 Å². The number of hydrogen-bond acceptors (Lipinski definition) is 3. The van der Waals surface area contributed by atoms with Crippen molar-refractivity contribution in [1.29, 1.82) is 0 Å². The number of nitrogens with zero attached hydrogens (tertiary/aromatic N) is 1. The highest BCUT2D eigenvalue weighted by atomic mass is 16.5. The minimum absolute atomic E-state index is 0.146. The first-order chi connectivity index (χ1) is 9.15. The highest BCUT2D eigenvalue weighted by Gasteiger charge is 2.16. The van der Waals surface area contributed by atoms with Gasteiger partial charge in [-0.15, -0.1) is 0 Å². The standard InChI is InChI=1S/C15H21NO3/c1-12-9-13(2)11-14(10-12)19-6-3-15(17)16-4-7-18-8-5-16/h9-11H,3-8H2,1-2H3. The lowest BCUT2D eigenvalue weighted by Gasteiger charge is -2.26. The second-order valence-corrected chi connectivity index (χ2v) is 4.92. The molecule has 1 aliphatic heterocycles. The Morgan fingerprint density at radius 1 is 1.21 bits per heavy atom. The van der Waals surface area contributed by atoms with Crippen molar-refractivity contribution in [3.8, 4) is 5.75 Å². The SMILES string of the molecule is Cc1cc(C)cc(OCCC(=O)N2CCOCC2)c1. The Morgan fingerprint density at radius 3 is 2.47 bits per heavy atom. The monoisotopic (exact) mass is 263 g/mol. The molecule has 0 bridgehead atoms. The lowest BCUT2D eigenvalue weighted by atomic mass is 10.1. The smallest absolute Gasteiger partial charge is 0.226 e. The number of hydrogen-bond donors (Lipinski definition) is 0. The van der Waals surface area contributed by atoms with Gasteiger partial charge in [-0.2, -0.15) is 0 Å². The van der Waals surface area contributed by atoms with Crippen LogP contribution < -0.4 is 4.74 Å². The van der Waals surface area contributed by atoms with Gasteiger partial charge in [-0.3, -0.25) is 4.79 Å². The van der Waals surface area contributed by atoms with Crippen molar-refractivity contribution in [2.24, 2.45) is 0 Å². The third-order valence-electron chi connectivity index (χ3n) is 3.14. The molecule has 1 heterocycles. The van der Waals surface area contributed by atoms with Gasteiger partial charge in [-0.1, -0.05) is 6.07 Å². The number of aryl methyl sites for hydroxylation is 2. The van der Waals surface area contributed by atoms with E-state index in [2.05, 4.69) is 6.07 Å². The number of rotatable bonds is 4. The van der Waals surface area contributed by atoms with Crippen molar-refractivity contribution in [1.82, 2.24) is 4.90 Å². The third-order valence-corrected chi connectivity index (χ3v) is 3.14. The van der Waals surface area contributed by atoms with E-state index in [1.807, 2.05) is 30.9 Å². The highest BCUT2D eigenvalue weighted by molar-refractivity contribution is 5.76. The minimum atomic E-state index is 0.146. The van der Waals surface area contributed by atoms with Crippen LogP contribution in [0, 0.1) is 13.8 Å². The summed E-state index contributed by atoms with van der Waals surface area (Å²) in [6.07, 6.45) is 0.424. The van der Waals surface area contributed by atoms with Crippen molar-refractivity contribution >= 4 is 5.91 Å². The van der Waals surface area contributed by atoms with Crippen molar-refractivity contribution < 1.29 is 14.3 Å². The zero-order valence-corrected chi connectivity index (χ0v) is 11.6. The number of morpholine rings is 1. The van der Waals surface area contributed by atoms with Crippen LogP contribution in [0.2, 0.25) is 0 Å². The Hall–Kier alpha value is -1.55. The van der Waals surface area contributed by atoms with Gasteiger partial charge < -0.3 is 14.4 Å². The zero-order chi connectivity index (χ0) is 13.7. The first-order valence-corrected chi connectivity index (χ1v) is 6.72. The normalized spacial score (nSPS) is 15.4. The minimum Gasteiger partial charge on any atom is -0.493 e. The van der Waals surface area contributed by atoms with Gasteiger partial charge in [0.2, 0.25) is 5.91 Å². The summed E-state index contributed by atoms with van der Waals surface area (Å²) in [4.78, 5) is 13.8. The largest absolute Gasteiger partial charge is 0.493 e. The van der Waals surface area contributed by atoms with E-state index in [9.17, 15) is 4.79 Å². The molecular formula is C15H21NO3. The molecule has 104 valence electrons. The number of amides is 1. The highest BCUT2D eigenvalue weighted by Crippen LogP contribution is 2.16. The third kappa shape index (κ3) is 4.24. The molecule has 0 N–H and O–H groups in total. The molecule has 1 fully saturated rings. The fraction of sp³-hybridized carbons (Fsp3) is 0.533. The Balaban J connectivity index is 1.77. The summed E-state index contributed by atoms with van der Waals surface area (Å²) in [7, 11) is 0. The van der Waals surface area contributed by atoms with E-state index >= 15 is 0 Å². The zero-order valence-electron chi connectivity index (χ0n) is 11.6. The second-order valence-electron chi connectivity index (χ2n) is 4.92. The van der Waals surface area contributed by atoms with Gasteiger partial charge in [0.15, 0.2) is 0 Å². The van der Waals surface area contributed by atoms with Crippen LogP contribution in [0.1, 0.15) is 17.5 Å². The van der Waals surface area contributed by atoms with Crippen molar-refractivity contribution in [2.45, 2.75) is 20.3 Å². The fourth-order valence-corrected chi connectivity index (χ4v) is 2.24. The van der Waals surface area contributed by atoms with E-state index in [4.69, 9.17) is 9.47 Å². The summed E-state index contributed by atoms with van der Waals surface area (Å²) in [6, 6.07) is 6.09. The van der Waals surface area contributed by atoms with Crippen LogP contribution in [0.25, 0.3) is 0 Å². The summed E-state index contributed by atoms with van der Waals surface area (Å²) in [6.45, 7) is 7.19. The topological polar surface area (TPSA) is 38.8 Å². The molecule has 2 rings (SSSR count). The molecule has 4 nitrogen and oxygen atoms in total. The summed E-state index contributed by atoms with van der Waals surface area (Å²) >= 11 is 0. The summed E-state index contributed by atoms with van der Waals surface area (Å²) in [5.74, 6) is 0.986. The van der Waals surface area contributed by atoms with Crippen LogP contribution >= 0.6 is 0 Å². The molecule has 0 unspecified atom stereocenters. The Labute approximate surface area is 114 Å². The molecule has 1 amide bonds. The maximum atomic E-state index is 11.9. The summed E-state index contributed by atoms with van der Waals surface area (Å²) < 4.78 is 10.9. The molecule has 0 aromatic heterocycles. The molecule has 19 heavy (non-hydrogen) atoms. The Kier molecular flexibility index (Phi) is 4.80. The van der Waals surface area contributed by atoms with Gasteiger partial charge in [0, 0.05) is 13.1 Å². The average Bonchev–Trinajstić information content (AvgIpc) is 2.38. The predicted octanol–water partition coefficient (Wildman–Crippen LogP) is 1.93. The Bertz CT molecular complexity index is 419. The molecule has 0 spiro atoms. The molecule has 0 atom stereocenters. The molecule has 1 aromatic carbocycles. The van der Waals surface area contributed by atoms with E-state index in [0.29, 0.717) is 39.3 Å². The van der Waals surface area contributed by atoms with Crippen LogP contribution in [0.15, 0.2) is 18.2 Å². The lowest BCUT2D eigenvalue weighted by molar-refractivity contribution is -0.135. The van der Waals surface area contributed by atoms with Crippen LogP contribution in [0.5, 0.6) is 5.75 Å². The first kappa shape index (κ1) is 13.9. The van der Waals surface area contributed by atoms with E-state index in [0.717, 1.165) is 5.75 Å². The maximum absolute atomic E-state index is 11.9. The first-order valence-electron chi connectivity index (χ1n) is 6.72. The molecule has 1 aromatic rings. The summed E-state index contributed by atoms with van der Waals surface area (Å²) in [5.41, 5.74) is 2.35. The lowest BCUT2D eigenvalue weighted by Crippen LogP contribution is -2.41. The van der Waals surface area contributed by atoms with Crippen molar-refractivity contribution in [2.75, 3.05) is 32.9 Å². The number of carbonyl (C=O) groups excluding carboxylic acids is 1. The molecular weight excluding hydrogens is 242 g/mol. The molecule has 0 saturated carbocycles. The van der Waals surface area contributed by atoms with Crippen molar-refractivity contribution in [3.05, 3.63) is 29.3 Å². The fourth-order valence-electron chi connectivity index (χ4n) is 2.24. The second kappa shape index (κ2) is 6.57.